The van der Waals surface area contributed by atoms with Crippen LogP contribution in [0.15, 0.2) is 35.2 Å². The second-order valence-corrected chi connectivity index (χ2v) is 8.54. The third-order valence-electron chi connectivity index (χ3n) is 5.01. The number of rotatable bonds is 7. The maximum atomic E-state index is 13.0. The molecule has 160 valence electrons. The standard InChI is InChI=1S/C22H30N6O2/c1-6-7-17(21(29)26-19-9-18(27-30-19)22(2,3)4)15-8-14(10-23)20(24-11-15)16-12-25-28(5)13-16/h8-9,11-13,17H,6-7,10,23H2,1-5H3,(H,26,29). The molecule has 0 fully saturated rings. The quantitative estimate of drug-likeness (QED) is 0.613. The van der Waals surface area contributed by atoms with Crippen molar-refractivity contribution in [2.24, 2.45) is 12.8 Å². The highest BCUT2D eigenvalue weighted by Gasteiger charge is 2.25. The zero-order valence-electron chi connectivity index (χ0n) is 18.3. The maximum Gasteiger partial charge on any atom is 0.234 e. The van der Waals surface area contributed by atoms with Crippen LogP contribution in [-0.2, 0) is 23.8 Å². The molecule has 0 aliphatic heterocycles. The van der Waals surface area contributed by atoms with Crippen LogP contribution in [0.2, 0.25) is 0 Å². The zero-order chi connectivity index (χ0) is 21.9. The van der Waals surface area contributed by atoms with E-state index in [0.717, 1.165) is 34.5 Å². The van der Waals surface area contributed by atoms with E-state index >= 15 is 0 Å². The van der Waals surface area contributed by atoms with Crippen molar-refractivity contribution in [1.82, 2.24) is 19.9 Å². The lowest BCUT2D eigenvalue weighted by molar-refractivity contribution is -0.117. The number of nitrogens with two attached hydrogens (primary N) is 1. The minimum absolute atomic E-state index is 0.146. The molecule has 0 saturated carbocycles. The average molecular weight is 411 g/mol. The normalized spacial score (nSPS) is 12.7. The third kappa shape index (κ3) is 4.76. The van der Waals surface area contributed by atoms with Crippen LogP contribution in [0.25, 0.3) is 11.3 Å². The highest BCUT2D eigenvalue weighted by Crippen LogP contribution is 2.29. The number of carbonyl (C=O) groups excluding carboxylic acids is 1. The molecule has 8 heteroatoms. The maximum absolute atomic E-state index is 13.0. The molecule has 0 saturated heterocycles. The van der Waals surface area contributed by atoms with Crippen molar-refractivity contribution in [1.29, 1.82) is 0 Å². The van der Waals surface area contributed by atoms with E-state index in [1.165, 1.54) is 0 Å². The molecule has 8 nitrogen and oxygen atoms in total. The molecule has 1 unspecified atom stereocenters. The summed E-state index contributed by atoms with van der Waals surface area (Å²) in [6.45, 7) is 8.50. The lowest BCUT2D eigenvalue weighted by Crippen LogP contribution is -2.21. The summed E-state index contributed by atoms with van der Waals surface area (Å²) in [6.07, 6.45) is 6.94. The Bertz CT molecular complexity index is 1010. The molecule has 0 aliphatic carbocycles. The number of hydrogen-bond donors (Lipinski definition) is 2. The Labute approximate surface area is 176 Å². The van der Waals surface area contributed by atoms with Crippen LogP contribution in [0.4, 0.5) is 5.88 Å². The number of nitrogens with zero attached hydrogens (tertiary/aromatic N) is 4. The van der Waals surface area contributed by atoms with Crippen molar-refractivity contribution in [2.75, 3.05) is 5.32 Å². The Hall–Kier alpha value is -3.00. The van der Waals surface area contributed by atoms with Gasteiger partial charge in [-0.05, 0) is 17.5 Å². The summed E-state index contributed by atoms with van der Waals surface area (Å²) in [6, 6.07) is 3.74. The highest BCUT2D eigenvalue weighted by atomic mass is 16.5. The Morgan fingerprint density at radius 2 is 2.07 bits per heavy atom. The van der Waals surface area contributed by atoms with E-state index in [9.17, 15) is 4.79 Å². The van der Waals surface area contributed by atoms with Gasteiger partial charge in [-0.15, -0.1) is 0 Å². The first-order valence-corrected chi connectivity index (χ1v) is 10.2. The van der Waals surface area contributed by atoms with Gasteiger partial charge in [0.2, 0.25) is 11.8 Å². The fourth-order valence-electron chi connectivity index (χ4n) is 3.31. The third-order valence-corrected chi connectivity index (χ3v) is 5.01. The van der Waals surface area contributed by atoms with E-state index in [1.54, 1.807) is 23.1 Å². The van der Waals surface area contributed by atoms with Gasteiger partial charge in [-0.25, -0.2) is 0 Å². The van der Waals surface area contributed by atoms with Crippen LogP contribution in [0.5, 0.6) is 0 Å². The second-order valence-electron chi connectivity index (χ2n) is 8.54. The van der Waals surface area contributed by atoms with Gasteiger partial charge >= 0.3 is 0 Å². The van der Waals surface area contributed by atoms with Gasteiger partial charge in [-0.3, -0.25) is 19.8 Å². The Morgan fingerprint density at radius 1 is 1.30 bits per heavy atom. The number of nitrogens with one attached hydrogen (secondary N) is 1. The van der Waals surface area contributed by atoms with Crippen LogP contribution in [0, 0.1) is 0 Å². The molecule has 0 bridgehead atoms. The summed E-state index contributed by atoms with van der Waals surface area (Å²) in [5, 5.41) is 11.1. The van der Waals surface area contributed by atoms with Gasteiger partial charge in [0, 0.05) is 43.0 Å². The molecule has 1 amide bonds. The molecular formula is C22H30N6O2. The van der Waals surface area contributed by atoms with Crippen molar-refractivity contribution >= 4 is 11.8 Å². The van der Waals surface area contributed by atoms with Gasteiger partial charge in [-0.1, -0.05) is 45.3 Å². The van der Waals surface area contributed by atoms with Crippen molar-refractivity contribution in [2.45, 2.75) is 58.4 Å². The fraction of sp³-hybridized carbons (Fsp3) is 0.455. The zero-order valence-corrected chi connectivity index (χ0v) is 18.3. The van der Waals surface area contributed by atoms with Crippen LogP contribution in [0.3, 0.4) is 0 Å². The predicted molar refractivity (Wildman–Crippen MR) is 116 cm³/mol. The fourth-order valence-corrected chi connectivity index (χ4v) is 3.31. The van der Waals surface area contributed by atoms with E-state index in [2.05, 4.69) is 20.6 Å². The smallest absolute Gasteiger partial charge is 0.234 e. The Kier molecular flexibility index (Phi) is 6.36. The van der Waals surface area contributed by atoms with Crippen LogP contribution < -0.4 is 11.1 Å². The first-order chi connectivity index (χ1) is 14.2. The molecule has 0 aliphatic rings. The molecule has 3 rings (SSSR count). The summed E-state index contributed by atoms with van der Waals surface area (Å²) in [5.74, 6) is -0.156. The number of aromatic nitrogens is 4. The van der Waals surface area contributed by atoms with Gasteiger partial charge in [0.15, 0.2) is 0 Å². The lowest BCUT2D eigenvalue weighted by atomic mass is 9.92. The van der Waals surface area contributed by atoms with Crippen LogP contribution >= 0.6 is 0 Å². The van der Waals surface area contributed by atoms with Crippen molar-refractivity contribution in [3.8, 4) is 11.3 Å². The van der Waals surface area contributed by atoms with Crippen molar-refractivity contribution in [3.63, 3.8) is 0 Å². The number of anilines is 1. The van der Waals surface area contributed by atoms with Crippen LogP contribution in [0.1, 0.15) is 63.3 Å². The summed E-state index contributed by atoms with van der Waals surface area (Å²) >= 11 is 0. The van der Waals surface area contributed by atoms with Gasteiger partial charge in [0.05, 0.1) is 23.5 Å². The SMILES string of the molecule is CCCC(C(=O)Nc1cc(C(C)(C)C)no1)c1cnc(-c2cnn(C)c2)c(CN)c1. The van der Waals surface area contributed by atoms with Gasteiger partial charge < -0.3 is 10.3 Å². The minimum atomic E-state index is -0.362. The Morgan fingerprint density at radius 3 is 2.63 bits per heavy atom. The largest absolute Gasteiger partial charge is 0.338 e. The number of carbonyl (C=O) groups is 1. The molecule has 3 aromatic rings. The number of aryl methyl sites for hydroxylation is 1. The summed E-state index contributed by atoms with van der Waals surface area (Å²) < 4.78 is 7.05. The van der Waals surface area contributed by atoms with Gasteiger partial charge in [0.1, 0.15) is 0 Å². The summed E-state index contributed by atoms with van der Waals surface area (Å²) in [4.78, 5) is 17.7. The van der Waals surface area contributed by atoms with Crippen molar-refractivity contribution < 1.29 is 9.32 Å². The number of hydrogen-bond acceptors (Lipinski definition) is 6. The van der Waals surface area contributed by atoms with E-state index in [0.29, 0.717) is 18.8 Å². The first-order valence-electron chi connectivity index (χ1n) is 10.2. The number of pyridine rings is 1. The second kappa shape index (κ2) is 8.79. The molecule has 30 heavy (non-hydrogen) atoms. The molecule has 0 aromatic carbocycles. The molecular weight excluding hydrogens is 380 g/mol. The van der Waals surface area contributed by atoms with Crippen LogP contribution in [-0.4, -0.2) is 25.8 Å². The van der Waals surface area contributed by atoms with E-state index in [1.807, 2.05) is 47.0 Å². The van der Waals surface area contributed by atoms with Gasteiger partial charge in [0.25, 0.3) is 0 Å². The first kappa shape index (κ1) is 21.7. The Balaban J connectivity index is 1.86. The van der Waals surface area contributed by atoms with Crippen molar-refractivity contribution in [3.05, 3.63) is 47.5 Å². The number of amides is 1. The molecule has 3 aromatic heterocycles. The lowest BCUT2D eigenvalue weighted by Gasteiger charge is -2.17. The monoisotopic (exact) mass is 410 g/mol. The molecule has 1 atom stereocenters. The summed E-state index contributed by atoms with van der Waals surface area (Å²) in [7, 11) is 1.86. The topological polar surface area (TPSA) is 112 Å². The average Bonchev–Trinajstić information content (AvgIpc) is 3.34. The molecule has 0 radical (unpaired) electrons. The predicted octanol–water partition coefficient (Wildman–Crippen LogP) is 3.75. The summed E-state index contributed by atoms with van der Waals surface area (Å²) in [5.41, 5.74) is 10.0. The van der Waals surface area contributed by atoms with E-state index in [4.69, 9.17) is 10.3 Å². The van der Waals surface area contributed by atoms with E-state index in [-0.39, 0.29) is 17.2 Å². The van der Waals surface area contributed by atoms with Gasteiger partial charge in [-0.2, -0.15) is 5.10 Å². The molecule has 3 N–H and O–H groups in total. The minimum Gasteiger partial charge on any atom is -0.338 e. The highest BCUT2D eigenvalue weighted by molar-refractivity contribution is 5.94. The molecule has 0 spiro atoms. The van der Waals surface area contributed by atoms with E-state index < -0.39 is 0 Å². The molecule has 3 heterocycles.